The van der Waals surface area contributed by atoms with Crippen LogP contribution in [0.5, 0.6) is 0 Å². The molecule has 7 heteroatoms. The zero-order valence-electron chi connectivity index (χ0n) is 10.1. The Morgan fingerprint density at radius 2 is 2.05 bits per heavy atom. The SMILES string of the molecule is CCOC(=O)Cn1c(CCl)nc2cc(Cl)c(Cl)cc21. The summed E-state index contributed by atoms with van der Waals surface area (Å²) in [7, 11) is 0. The number of carbonyl (C=O) groups is 1. The number of ether oxygens (including phenoxy) is 1. The van der Waals surface area contributed by atoms with Crippen LogP contribution in [0.3, 0.4) is 0 Å². The van der Waals surface area contributed by atoms with Gasteiger partial charge in [0.1, 0.15) is 12.4 Å². The highest BCUT2D eigenvalue weighted by Gasteiger charge is 2.15. The Morgan fingerprint density at radius 3 is 2.68 bits per heavy atom. The van der Waals surface area contributed by atoms with Gasteiger partial charge in [0.25, 0.3) is 0 Å². The molecule has 0 aliphatic heterocycles. The minimum atomic E-state index is -0.348. The summed E-state index contributed by atoms with van der Waals surface area (Å²) < 4.78 is 6.61. The Bertz CT molecular complexity index is 625. The van der Waals surface area contributed by atoms with E-state index in [2.05, 4.69) is 4.98 Å². The molecule has 19 heavy (non-hydrogen) atoms. The number of rotatable bonds is 4. The maximum absolute atomic E-state index is 11.6. The topological polar surface area (TPSA) is 44.1 Å². The maximum atomic E-state index is 11.6. The normalized spacial score (nSPS) is 10.9. The van der Waals surface area contributed by atoms with Crippen molar-refractivity contribution < 1.29 is 9.53 Å². The van der Waals surface area contributed by atoms with E-state index >= 15 is 0 Å². The molecule has 0 saturated heterocycles. The minimum absolute atomic E-state index is 0.0460. The van der Waals surface area contributed by atoms with Gasteiger partial charge in [-0.2, -0.15) is 0 Å². The largest absolute Gasteiger partial charge is 0.465 e. The molecule has 0 atom stereocenters. The number of alkyl halides is 1. The van der Waals surface area contributed by atoms with E-state index in [0.717, 1.165) is 0 Å². The van der Waals surface area contributed by atoms with Gasteiger partial charge in [0.2, 0.25) is 0 Å². The minimum Gasteiger partial charge on any atom is -0.465 e. The highest BCUT2D eigenvalue weighted by Crippen LogP contribution is 2.28. The van der Waals surface area contributed by atoms with Crippen molar-refractivity contribution in [3.63, 3.8) is 0 Å². The molecule has 1 heterocycles. The van der Waals surface area contributed by atoms with Gasteiger partial charge in [-0.15, -0.1) is 11.6 Å². The second-order valence-corrected chi connectivity index (χ2v) is 4.89. The molecule has 0 radical (unpaired) electrons. The number of carbonyl (C=O) groups excluding carboxylic acids is 1. The summed E-state index contributed by atoms with van der Waals surface area (Å²) >= 11 is 17.8. The van der Waals surface area contributed by atoms with E-state index in [-0.39, 0.29) is 18.4 Å². The van der Waals surface area contributed by atoms with Crippen molar-refractivity contribution >= 4 is 51.8 Å². The first-order valence-corrected chi connectivity index (χ1v) is 6.91. The molecular formula is C12H11Cl3N2O2. The van der Waals surface area contributed by atoms with Gasteiger partial charge in [-0.25, -0.2) is 4.98 Å². The van der Waals surface area contributed by atoms with Crippen LogP contribution in [0.25, 0.3) is 11.0 Å². The first kappa shape index (κ1) is 14.4. The van der Waals surface area contributed by atoms with Gasteiger partial charge in [-0.05, 0) is 19.1 Å². The fraction of sp³-hybridized carbons (Fsp3) is 0.333. The first-order valence-electron chi connectivity index (χ1n) is 5.62. The van der Waals surface area contributed by atoms with E-state index in [1.54, 1.807) is 23.6 Å². The third-order valence-corrected chi connectivity index (χ3v) is 3.54. The fourth-order valence-corrected chi connectivity index (χ4v) is 2.30. The van der Waals surface area contributed by atoms with E-state index in [9.17, 15) is 4.79 Å². The van der Waals surface area contributed by atoms with Crippen LogP contribution in [0.1, 0.15) is 12.7 Å². The number of imidazole rings is 1. The number of nitrogens with zero attached hydrogens (tertiary/aromatic N) is 2. The van der Waals surface area contributed by atoms with Crippen molar-refractivity contribution in [1.82, 2.24) is 9.55 Å². The highest BCUT2D eigenvalue weighted by atomic mass is 35.5. The van der Waals surface area contributed by atoms with E-state index < -0.39 is 0 Å². The average Bonchev–Trinajstić information content (AvgIpc) is 2.68. The lowest BCUT2D eigenvalue weighted by Crippen LogP contribution is -2.15. The standard InChI is InChI=1S/C12H11Cl3N2O2/c1-2-19-12(18)6-17-10-4-8(15)7(14)3-9(10)16-11(17)5-13/h3-4H,2,5-6H2,1H3. The Morgan fingerprint density at radius 1 is 1.37 bits per heavy atom. The Hall–Kier alpha value is -0.970. The molecular weight excluding hydrogens is 311 g/mol. The molecule has 2 aromatic rings. The zero-order chi connectivity index (χ0) is 14.0. The molecule has 2 rings (SSSR count). The van der Waals surface area contributed by atoms with Gasteiger partial charge in [0.15, 0.2) is 0 Å². The summed E-state index contributed by atoms with van der Waals surface area (Å²) in [6.07, 6.45) is 0. The lowest BCUT2D eigenvalue weighted by Gasteiger charge is -2.07. The van der Waals surface area contributed by atoms with Crippen molar-refractivity contribution in [2.75, 3.05) is 6.61 Å². The monoisotopic (exact) mass is 320 g/mol. The van der Waals surface area contributed by atoms with Crippen molar-refractivity contribution in [3.8, 4) is 0 Å². The predicted molar refractivity (Wildman–Crippen MR) is 75.9 cm³/mol. The van der Waals surface area contributed by atoms with Gasteiger partial charge in [0, 0.05) is 0 Å². The average molecular weight is 322 g/mol. The second-order valence-electron chi connectivity index (χ2n) is 3.81. The number of esters is 1. The van der Waals surface area contributed by atoms with Gasteiger partial charge >= 0.3 is 5.97 Å². The van der Waals surface area contributed by atoms with Crippen molar-refractivity contribution in [2.45, 2.75) is 19.3 Å². The molecule has 4 nitrogen and oxygen atoms in total. The molecule has 1 aromatic heterocycles. The molecule has 102 valence electrons. The van der Waals surface area contributed by atoms with Gasteiger partial charge < -0.3 is 9.30 Å². The van der Waals surface area contributed by atoms with Gasteiger partial charge in [-0.1, -0.05) is 23.2 Å². The molecule has 0 aliphatic carbocycles. The molecule has 0 aliphatic rings. The summed E-state index contributed by atoms with van der Waals surface area (Å²) in [5.41, 5.74) is 1.35. The van der Waals surface area contributed by atoms with Crippen LogP contribution < -0.4 is 0 Å². The van der Waals surface area contributed by atoms with Crippen LogP contribution in [0.2, 0.25) is 10.0 Å². The van der Waals surface area contributed by atoms with Crippen LogP contribution >= 0.6 is 34.8 Å². The highest BCUT2D eigenvalue weighted by molar-refractivity contribution is 6.42. The molecule has 0 fully saturated rings. The van der Waals surface area contributed by atoms with E-state index in [0.29, 0.717) is 33.5 Å². The molecule has 0 N–H and O–H groups in total. The van der Waals surface area contributed by atoms with Gasteiger partial charge in [0.05, 0.1) is 33.6 Å². The molecule has 0 amide bonds. The van der Waals surface area contributed by atoms with E-state index in [1.165, 1.54) is 0 Å². The molecule has 0 bridgehead atoms. The van der Waals surface area contributed by atoms with Crippen LogP contribution in [0.4, 0.5) is 0 Å². The third-order valence-electron chi connectivity index (χ3n) is 2.58. The lowest BCUT2D eigenvalue weighted by molar-refractivity contribution is -0.143. The van der Waals surface area contributed by atoms with Crippen LogP contribution in [-0.4, -0.2) is 22.1 Å². The molecule has 1 aromatic carbocycles. The second kappa shape index (κ2) is 5.99. The number of fused-ring (bicyclic) bond motifs is 1. The van der Waals surface area contributed by atoms with Crippen molar-refractivity contribution in [1.29, 1.82) is 0 Å². The summed E-state index contributed by atoms with van der Waals surface area (Å²) in [6, 6.07) is 3.32. The number of hydrogen-bond acceptors (Lipinski definition) is 3. The summed E-state index contributed by atoms with van der Waals surface area (Å²) in [4.78, 5) is 15.9. The summed E-state index contributed by atoms with van der Waals surface area (Å²) in [5, 5.41) is 0.816. The number of hydrogen-bond donors (Lipinski definition) is 0. The first-order chi connectivity index (χ1) is 9.06. The fourth-order valence-electron chi connectivity index (χ4n) is 1.78. The zero-order valence-corrected chi connectivity index (χ0v) is 12.4. The molecule has 0 saturated carbocycles. The van der Waals surface area contributed by atoms with E-state index in [4.69, 9.17) is 39.5 Å². The summed E-state index contributed by atoms with van der Waals surface area (Å²) in [5.74, 6) is 0.408. The van der Waals surface area contributed by atoms with Crippen LogP contribution in [0.15, 0.2) is 12.1 Å². The number of benzene rings is 1. The van der Waals surface area contributed by atoms with Crippen molar-refractivity contribution in [3.05, 3.63) is 28.0 Å². The van der Waals surface area contributed by atoms with Gasteiger partial charge in [-0.3, -0.25) is 4.79 Å². The molecule has 0 unspecified atom stereocenters. The Balaban J connectivity index is 2.50. The quantitative estimate of drug-likeness (QED) is 0.638. The van der Waals surface area contributed by atoms with Crippen LogP contribution in [0, 0.1) is 0 Å². The number of halogens is 3. The Labute approximate surface area is 125 Å². The third kappa shape index (κ3) is 2.96. The predicted octanol–water partition coefficient (Wildman–Crippen LogP) is 3.65. The number of aromatic nitrogens is 2. The maximum Gasteiger partial charge on any atom is 0.326 e. The van der Waals surface area contributed by atoms with Crippen molar-refractivity contribution in [2.24, 2.45) is 0 Å². The Kier molecular flexibility index (Phi) is 4.55. The smallest absolute Gasteiger partial charge is 0.326 e. The molecule has 0 spiro atoms. The van der Waals surface area contributed by atoms with E-state index in [1.807, 2.05) is 0 Å². The summed E-state index contributed by atoms with van der Waals surface area (Å²) in [6.45, 7) is 2.13. The lowest BCUT2D eigenvalue weighted by atomic mass is 10.3. The van der Waals surface area contributed by atoms with Crippen LogP contribution in [-0.2, 0) is 22.0 Å².